The zero-order valence-electron chi connectivity index (χ0n) is 9.03. The van der Waals surface area contributed by atoms with Gasteiger partial charge in [-0.2, -0.15) is 0 Å². The summed E-state index contributed by atoms with van der Waals surface area (Å²) in [5.74, 6) is 0.690. The Morgan fingerprint density at radius 2 is 2.38 bits per heavy atom. The van der Waals surface area contributed by atoms with Gasteiger partial charge >= 0.3 is 0 Å². The fraction of sp³-hybridized carbons (Fsp3) is 0.455. The van der Waals surface area contributed by atoms with Crippen molar-refractivity contribution in [3.8, 4) is 5.75 Å². The Kier molecular flexibility index (Phi) is 3.97. The molecule has 0 bridgehead atoms. The predicted octanol–water partition coefficient (Wildman–Crippen LogP) is 1.82. The SMILES string of the molecule is COc1ccc([S+]([O-])C2CCNC2)c(Cl)c1. The van der Waals surface area contributed by atoms with E-state index in [1.165, 1.54) is 0 Å². The molecule has 16 heavy (non-hydrogen) atoms. The lowest BCUT2D eigenvalue weighted by Gasteiger charge is -2.17. The zero-order valence-corrected chi connectivity index (χ0v) is 10.6. The molecule has 2 rings (SSSR count). The number of hydrogen-bond acceptors (Lipinski definition) is 3. The van der Waals surface area contributed by atoms with Gasteiger partial charge in [0, 0.05) is 25.6 Å². The highest BCUT2D eigenvalue weighted by Gasteiger charge is 2.29. The minimum Gasteiger partial charge on any atom is -0.611 e. The van der Waals surface area contributed by atoms with Gasteiger partial charge < -0.3 is 14.6 Å². The molecule has 1 aromatic carbocycles. The molecular weight excluding hydrogens is 246 g/mol. The zero-order chi connectivity index (χ0) is 11.5. The summed E-state index contributed by atoms with van der Waals surface area (Å²) in [6.45, 7) is 1.74. The van der Waals surface area contributed by atoms with Crippen LogP contribution in [0.5, 0.6) is 5.75 Å². The first-order chi connectivity index (χ1) is 7.72. The Morgan fingerprint density at radius 3 is 2.94 bits per heavy atom. The molecule has 1 aliphatic heterocycles. The normalized spacial score (nSPS) is 22.1. The van der Waals surface area contributed by atoms with E-state index >= 15 is 0 Å². The first-order valence-corrected chi connectivity index (χ1v) is 6.76. The highest BCUT2D eigenvalue weighted by atomic mass is 35.5. The first-order valence-electron chi connectivity index (χ1n) is 5.17. The second-order valence-electron chi connectivity index (χ2n) is 3.71. The van der Waals surface area contributed by atoms with Crippen LogP contribution in [0, 0.1) is 0 Å². The summed E-state index contributed by atoms with van der Waals surface area (Å²) in [7, 11) is 1.59. The van der Waals surface area contributed by atoms with Gasteiger partial charge in [-0.25, -0.2) is 0 Å². The molecule has 0 aliphatic carbocycles. The van der Waals surface area contributed by atoms with Crippen LogP contribution >= 0.6 is 11.6 Å². The Balaban J connectivity index is 2.19. The van der Waals surface area contributed by atoms with Crippen LogP contribution in [0.3, 0.4) is 0 Å². The minimum atomic E-state index is -1.03. The lowest BCUT2D eigenvalue weighted by molar-refractivity contribution is 0.414. The van der Waals surface area contributed by atoms with Crippen molar-refractivity contribution in [2.24, 2.45) is 0 Å². The molecule has 2 unspecified atom stereocenters. The topological polar surface area (TPSA) is 44.3 Å². The van der Waals surface area contributed by atoms with Crippen molar-refractivity contribution in [2.45, 2.75) is 16.6 Å². The number of methoxy groups -OCH3 is 1. The van der Waals surface area contributed by atoms with Gasteiger partial charge in [-0.15, -0.1) is 0 Å². The Morgan fingerprint density at radius 1 is 1.56 bits per heavy atom. The molecule has 0 aromatic heterocycles. The van der Waals surface area contributed by atoms with Crippen LogP contribution < -0.4 is 10.1 Å². The van der Waals surface area contributed by atoms with Gasteiger partial charge in [-0.3, -0.25) is 0 Å². The van der Waals surface area contributed by atoms with E-state index in [-0.39, 0.29) is 5.25 Å². The number of rotatable bonds is 3. The average molecular weight is 260 g/mol. The molecule has 1 heterocycles. The number of halogens is 1. The molecule has 0 amide bonds. The quantitative estimate of drug-likeness (QED) is 0.843. The second-order valence-corrected chi connectivity index (χ2v) is 5.82. The van der Waals surface area contributed by atoms with Crippen molar-refractivity contribution < 1.29 is 9.29 Å². The molecular formula is C11H14ClNO2S. The molecule has 1 N–H and O–H groups in total. The summed E-state index contributed by atoms with van der Waals surface area (Å²) in [4.78, 5) is 0.705. The molecule has 1 aliphatic rings. The van der Waals surface area contributed by atoms with Crippen molar-refractivity contribution in [2.75, 3.05) is 20.2 Å². The summed E-state index contributed by atoms with van der Waals surface area (Å²) in [6.07, 6.45) is 0.939. The Bertz CT molecular complexity index is 369. The van der Waals surface area contributed by atoms with E-state index in [0.717, 1.165) is 19.5 Å². The van der Waals surface area contributed by atoms with Crippen LogP contribution in [-0.4, -0.2) is 30.0 Å². The van der Waals surface area contributed by atoms with Gasteiger partial charge in [0.2, 0.25) is 0 Å². The maximum Gasteiger partial charge on any atom is 0.171 e. The van der Waals surface area contributed by atoms with Crippen molar-refractivity contribution in [1.29, 1.82) is 0 Å². The Hall–Kier alpha value is -0.420. The van der Waals surface area contributed by atoms with E-state index in [1.54, 1.807) is 25.3 Å². The molecule has 0 spiro atoms. The summed E-state index contributed by atoms with van der Waals surface area (Å²) >= 11 is 5.06. The van der Waals surface area contributed by atoms with Gasteiger partial charge in [0.15, 0.2) is 4.90 Å². The average Bonchev–Trinajstić information content (AvgIpc) is 2.81. The predicted molar refractivity (Wildman–Crippen MR) is 65.7 cm³/mol. The molecule has 2 atom stereocenters. The van der Waals surface area contributed by atoms with Crippen molar-refractivity contribution in [1.82, 2.24) is 5.32 Å². The molecule has 0 saturated carbocycles. The smallest absolute Gasteiger partial charge is 0.171 e. The van der Waals surface area contributed by atoms with Crippen molar-refractivity contribution in [3.63, 3.8) is 0 Å². The maximum atomic E-state index is 12.2. The Labute approximate surface area is 103 Å². The standard InChI is InChI=1S/C11H14ClNO2S/c1-15-8-2-3-11(10(12)6-8)16(14)9-4-5-13-7-9/h2-3,6,9,13H,4-5,7H2,1H3. The fourth-order valence-electron chi connectivity index (χ4n) is 1.76. The number of hydrogen-bond donors (Lipinski definition) is 1. The van der Waals surface area contributed by atoms with Crippen LogP contribution in [0.1, 0.15) is 6.42 Å². The van der Waals surface area contributed by atoms with E-state index in [9.17, 15) is 4.55 Å². The van der Waals surface area contributed by atoms with Crippen molar-refractivity contribution >= 4 is 22.8 Å². The molecule has 1 fully saturated rings. The molecule has 88 valence electrons. The van der Waals surface area contributed by atoms with Gasteiger partial charge in [-0.05, 0) is 23.3 Å². The van der Waals surface area contributed by atoms with E-state index in [0.29, 0.717) is 15.7 Å². The highest BCUT2D eigenvalue weighted by Crippen LogP contribution is 2.30. The van der Waals surface area contributed by atoms with Gasteiger partial charge in [0.25, 0.3) is 0 Å². The third kappa shape index (κ3) is 2.46. The third-order valence-corrected chi connectivity index (χ3v) is 4.90. The van der Waals surface area contributed by atoms with Crippen LogP contribution in [0.25, 0.3) is 0 Å². The highest BCUT2D eigenvalue weighted by molar-refractivity contribution is 7.92. The van der Waals surface area contributed by atoms with Gasteiger partial charge in [-0.1, -0.05) is 11.6 Å². The first kappa shape index (κ1) is 12.0. The van der Waals surface area contributed by atoms with Crippen LogP contribution in [0.4, 0.5) is 0 Å². The number of nitrogens with one attached hydrogen (secondary N) is 1. The lowest BCUT2D eigenvalue weighted by atomic mass is 10.3. The van der Waals surface area contributed by atoms with E-state index < -0.39 is 11.2 Å². The van der Waals surface area contributed by atoms with Crippen LogP contribution in [0.15, 0.2) is 23.1 Å². The minimum absolute atomic E-state index is 0.172. The van der Waals surface area contributed by atoms with Crippen LogP contribution in [-0.2, 0) is 11.2 Å². The van der Waals surface area contributed by atoms with E-state index in [4.69, 9.17) is 16.3 Å². The van der Waals surface area contributed by atoms with Gasteiger partial charge in [0.05, 0.1) is 12.1 Å². The largest absolute Gasteiger partial charge is 0.611 e. The lowest BCUT2D eigenvalue weighted by Crippen LogP contribution is -2.24. The molecule has 1 aromatic rings. The number of benzene rings is 1. The second kappa shape index (κ2) is 5.27. The van der Waals surface area contributed by atoms with Gasteiger partial charge in [0.1, 0.15) is 11.0 Å². The van der Waals surface area contributed by atoms with Crippen molar-refractivity contribution in [3.05, 3.63) is 23.2 Å². The monoisotopic (exact) mass is 259 g/mol. The molecule has 1 saturated heterocycles. The number of ether oxygens (including phenoxy) is 1. The molecule has 5 heteroatoms. The summed E-state index contributed by atoms with van der Waals surface area (Å²) in [6, 6.07) is 5.29. The maximum absolute atomic E-state index is 12.2. The van der Waals surface area contributed by atoms with E-state index in [2.05, 4.69) is 5.32 Å². The fourth-order valence-corrected chi connectivity index (χ4v) is 3.57. The summed E-state index contributed by atoms with van der Waals surface area (Å²) in [5.41, 5.74) is 0. The summed E-state index contributed by atoms with van der Waals surface area (Å²) in [5, 5.41) is 3.89. The third-order valence-electron chi connectivity index (χ3n) is 2.67. The van der Waals surface area contributed by atoms with Crippen LogP contribution in [0.2, 0.25) is 5.02 Å². The van der Waals surface area contributed by atoms with E-state index in [1.807, 2.05) is 0 Å². The molecule has 0 radical (unpaired) electrons. The summed E-state index contributed by atoms with van der Waals surface area (Å²) < 4.78 is 17.3. The molecule has 3 nitrogen and oxygen atoms in total.